The van der Waals surface area contributed by atoms with Crippen molar-refractivity contribution in [2.24, 2.45) is 5.92 Å². The standard InChI is InChI=1S/C35H36N2O5/c1-40-35(39)32-11-5-6-12-33(32)36-34(38)22-26-13-15-30(16-14-26)42-31-19-17-29(18-20-31)41-25-28-10-7-21-37(24-28)23-27-8-3-2-4-9-27/h2-6,8-9,11-20,28H,7,10,21-25H2,1H3,(H,36,38). The summed E-state index contributed by atoms with van der Waals surface area (Å²) in [6, 6.07) is 32.4. The molecule has 1 fully saturated rings. The molecule has 1 atom stereocenters. The van der Waals surface area contributed by atoms with E-state index >= 15 is 0 Å². The van der Waals surface area contributed by atoms with Gasteiger partial charge < -0.3 is 19.5 Å². The predicted octanol–water partition coefficient (Wildman–Crippen LogP) is 6.74. The van der Waals surface area contributed by atoms with E-state index in [1.807, 2.05) is 48.5 Å². The van der Waals surface area contributed by atoms with Gasteiger partial charge in [0, 0.05) is 19.0 Å². The molecule has 1 N–H and O–H groups in total. The van der Waals surface area contributed by atoms with Gasteiger partial charge in [-0.2, -0.15) is 0 Å². The maximum Gasteiger partial charge on any atom is 0.339 e. The average Bonchev–Trinajstić information content (AvgIpc) is 3.02. The van der Waals surface area contributed by atoms with Gasteiger partial charge in [-0.25, -0.2) is 4.79 Å². The maximum atomic E-state index is 12.6. The van der Waals surface area contributed by atoms with Crippen LogP contribution in [-0.2, 0) is 22.5 Å². The number of likely N-dealkylation sites (tertiary alicyclic amines) is 1. The molecule has 4 aromatic carbocycles. The molecule has 216 valence electrons. The normalized spacial score (nSPS) is 15.0. The highest BCUT2D eigenvalue weighted by Crippen LogP contribution is 2.26. The largest absolute Gasteiger partial charge is 0.493 e. The van der Waals surface area contributed by atoms with E-state index in [1.54, 1.807) is 24.3 Å². The number of ether oxygens (including phenoxy) is 3. The molecular formula is C35H36N2O5. The molecule has 0 bridgehead atoms. The summed E-state index contributed by atoms with van der Waals surface area (Å²) in [5, 5.41) is 2.79. The average molecular weight is 565 g/mol. The van der Waals surface area contributed by atoms with Crippen LogP contribution in [0.25, 0.3) is 0 Å². The van der Waals surface area contributed by atoms with Crippen LogP contribution in [-0.4, -0.2) is 43.6 Å². The molecule has 1 saturated heterocycles. The summed E-state index contributed by atoms with van der Waals surface area (Å²) in [6.07, 6.45) is 2.54. The van der Waals surface area contributed by atoms with E-state index in [9.17, 15) is 9.59 Å². The molecule has 1 amide bonds. The van der Waals surface area contributed by atoms with Gasteiger partial charge in [0.05, 0.1) is 31.4 Å². The van der Waals surface area contributed by atoms with E-state index in [2.05, 4.69) is 40.5 Å². The van der Waals surface area contributed by atoms with Crippen molar-refractivity contribution >= 4 is 17.6 Å². The minimum absolute atomic E-state index is 0.160. The molecule has 5 rings (SSSR count). The Morgan fingerprint density at radius 2 is 1.48 bits per heavy atom. The summed E-state index contributed by atoms with van der Waals surface area (Å²) >= 11 is 0. The van der Waals surface area contributed by atoms with Gasteiger partial charge in [-0.3, -0.25) is 9.69 Å². The number of methoxy groups -OCH3 is 1. The van der Waals surface area contributed by atoms with E-state index in [-0.39, 0.29) is 12.3 Å². The van der Waals surface area contributed by atoms with Crippen LogP contribution in [0.2, 0.25) is 0 Å². The number of esters is 1. The Labute approximate surface area is 247 Å². The Morgan fingerprint density at radius 1 is 0.810 bits per heavy atom. The number of amides is 1. The zero-order chi connectivity index (χ0) is 29.1. The second kappa shape index (κ2) is 14.3. The number of hydrogen-bond acceptors (Lipinski definition) is 6. The summed E-state index contributed by atoms with van der Waals surface area (Å²) in [5.41, 5.74) is 2.91. The first-order valence-corrected chi connectivity index (χ1v) is 14.3. The molecule has 1 unspecified atom stereocenters. The molecule has 0 aromatic heterocycles. The quantitative estimate of drug-likeness (QED) is 0.203. The van der Waals surface area contributed by atoms with Crippen LogP contribution in [0.5, 0.6) is 17.2 Å². The van der Waals surface area contributed by atoms with Crippen molar-refractivity contribution < 1.29 is 23.8 Å². The van der Waals surface area contributed by atoms with E-state index in [0.717, 1.165) is 30.9 Å². The Balaban J connectivity index is 1.07. The van der Waals surface area contributed by atoms with Crippen molar-refractivity contribution in [2.45, 2.75) is 25.8 Å². The van der Waals surface area contributed by atoms with E-state index in [4.69, 9.17) is 14.2 Å². The van der Waals surface area contributed by atoms with Crippen LogP contribution in [0.1, 0.15) is 34.3 Å². The molecule has 0 saturated carbocycles. The monoisotopic (exact) mass is 564 g/mol. The van der Waals surface area contributed by atoms with Crippen molar-refractivity contribution in [1.29, 1.82) is 0 Å². The fourth-order valence-corrected chi connectivity index (χ4v) is 5.16. The third kappa shape index (κ3) is 8.21. The number of carbonyl (C=O) groups excluding carboxylic acids is 2. The molecule has 4 aromatic rings. The van der Waals surface area contributed by atoms with Gasteiger partial charge in [0.15, 0.2) is 0 Å². The maximum absolute atomic E-state index is 12.6. The summed E-state index contributed by atoms with van der Waals surface area (Å²) in [4.78, 5) is 27.1. The van der Waals surface area contributed by atoms with Crippen molar-refractivity contribution in [3.05, 3.63) is 120 Å². The Hall–Kier alpha value is -4.62. The van der Waals surface area contributed by atoms with Crippen molar-refractivity contribution in [1.82, 2.24) is 4.90 Å². The predicted molar refractivity (Wildman–Crippen MR) is 163 cm³/mol. The third-order valence-electron chi connectivity index (χ3n) is 7.29. The molecule has 1 aliphatic rings. The number of nitrogens with one attached hydrogen (secondary N) is 1. The first-order chi connectivity index (χ1) is 20.6. The minimum Gasteiger partial charge on any atom is -0.493 e. The lowest BCUT2D eigenvalue weighted by molar-refractivity contribution is -0.115. The lowest BCUT2D eigenvalue weighted by atomic mass is 9.98. The van der Waals surface area contributed by atoms with Crippen molar-refractivity contribution in [2.75, 3.05) is 32.1 Å². The smallest absolute Gasteiger partial charge is 0.339 e. The minimum atomic E-state index is -0.498. The number of benzene rings is 4. The van der Waals surface area contributed by atoms with Crippen LogP contribution >= 0.6 is 0 Å². The highest BCUT2D eigenvalue weighted by Gasteiger charge is 2.20. The molecule has 1 heterocycles. The summed E-state index contributed by atoms with van der Waals surface area (Å²) in [7, 11) is 1.31. The first kappa shape index (κ1) is 28.9. The topological polar surface area (TPSA) is 77.1 Å². The molecule has 7 heteroatoms. The lowest BCUT2D eigenvalue weighted by Crippen LogP contribution is -2.37. The van der Waals surface area contributed by atoms with Crippen molar-refractivity contribution in [3.63, 3.8) is 0 Å². The molecule has 0 spiro atoms. The van der Waals surface area contributed by atoms with Gasteiger partial charge in [0.1, 0.15) is 17.2 Å². The fraction of sp³-hybridized carbons (Fsp3) is 0.257. The van der Waals surface area contributed by atoms with Gasteiger partial charge in [-0.1, -0.05) is 54.6 Å². The van der Waals surface area contributed by atoms with Crippen LogP contribution in [0.15, 0.2) is 103 Å². The molecular weight excluding hydrogens is 528 g/mol. The summed E-state index contributed by atoms with van der Waals surface area (Å²) < 4.78 is 16.9. The Kier molecular flexibility index (Phi) is 9.86. The molecule has 0 radical (unpaired) electrons. The highest BCUT2D eigenvalue weighted by molar-refractivity contribution is 6.01. The highest BCUT2D eigenvalue weighted by atomic mass is 16.5. The summed E-state index contributed by atoms with van der Waals surface area (Å²) in [5.74, 6) is 2.00. The number of nitrogens with zero attached hydrogens (tertiary/aromatic N) is 1. The molecule has 0 aliphatic carbocycles. The lowest BCUT2D eigenvalue weighted by Gasteiger charge is -2.32. The van der Waals surface area contributed by atoms with Crippen LogP contribution in [0.4, 0.5) is 5.69 Å². The third-order valence-corrected chi connectivity index (χ3v) is 7.29. The van der Waals surface area contributed by atoms with Crippen molar-refractivity contribution in [3.8, 4) is 17.2 Å². The SMILES string of the molecule is COC(=O)c1ccccc1NC(=O)Cc1ccc(Oc2ccc(OCC3CCCN(Cc4ccccc4)C3)cc2)cc1. The van der Waals surface area contributed by atoms with E-state index in [0.29, 0.717) is 35.3 Å². The van der Waals surface area contributed by atoms with Crippen LogP contribution in [0, 0.1) is 5.92 Å². The molecule has 42 heavy (non-hydrogen) atoms. The molecule has 1 aliphatic heterocycles. The van der Waals surface area contributed by atoms with Crippen LogP contribution in [0.3, 0.4) is 0 Å². The number of anilines is 1. The second-order valence-electron chi connectivity index (χ2n) is 10.5. The van der Waals surface area contributed by atoms with E-state index < -0.39 is 5.97 Å². The van der Waals surface area contributed by atoms with E-state index in [1.165, 1.54) is 25.5 Å². The molecule has 7 nitrogen and oxygen atoms in total. The summed E-state index contributed by atoms with van der Waals surface area (Å²) in [6.45, 7) is 3.88. The zero-order valence-electron chi connectivity index (χ0n) is 23.8. The van der Waals surface area contributed by atoms with Gasteiger partial charge in [0.25, 0.3) is 0 Å². The number of hydrogen-bond donors (Lipinski definition) is 1. The number of para-hydroxylation sites is 1. The fourth-order valence-electron chi connectivity index (χ4n) is 5.16. The van der Waals surface area contributed by atoms with Gasteiger partial charge in [-0.05, 0) is 79.0 Å². The van der Waals surface area contributed by atoms with Crippen LogP contribution < -0.4 is 14.8 Å². The second-order valence-corrected chi connectivity index (χ2v) is 10.5. The number of rotatable bonds is 11. The zero-order valence-corrected chi connectivity index (χ0v) is 23.8. The number of carbonyl (C=O) groups is 2. The Bertz CT molecular complexity index is 1460. The first-order valence-electron chi connectivity index (χ1n) is 14.3. The van der Waals surface area contributed by atoms with Gasteiger partial charge in [0.2, 0.25) is 5.91 Å². The van der Waals surface area contributed by atoms with Gasteiger partial charge in [-0.15, -0.1) is 0 Å². The number of piperidine rings is 1. The Morgan fingerprint density at radius 3 is 2.21 bits per heavy atom. The van der Waals surface area contributed by atoms with Gasteiger partial charge >= 0.3 is 5.97 Å².